The molecule has 0 aliphatic heterocycles. The fraction of sp³-hybridized carbons (Fsp3) is 1.00. The Kier molecular flexibility index (Phi) is 20.2. The molecule has 2 nitrogen and oxygen atoms in total. The first kappa shape index (κ1) is 24.9. The standard InChI is InChI=1S/C23H49NO/c1-5-7-9-11-13-15-17-19-23(24-25-21-22(3)4)20-18-16-14-12-10-8-6-2/h22-24H,5-21H2,1-4H3. The average molecular weight is 356 g/mol. The highest BCUT2D eigenvalue weighted by Gasteiger charge is 2.09. The Labute approximate surface area is 159 Å². The lowest BCUT2D eigenvalue weighted by Gasteiger charge is -2.19. The lowest BCUT2D eigenvalue weighted by Crippen LogP contribution is -2.30. The van der Waals surface area contributed by atoms with Crippen LogP contribution in [0.5, 0.6) is 0 Å². The van der Waals surface area contributed by atoms with Gasteiger partial charge in [-0.3, -0.25) is 0 Å². The van der Waals surface area contributed by atoms with Crippen LogP contribution in [0.15, 0.2) is 0 Å². The van der Waals surface area contributed by atoms with Crippen molar-refractivity contribution in [3.63, 3.8) is 0 Å². The Bertz CT molecular complexity index is 224. The van der Waals surface area contributed by atoms with Crippen LogP contribution in [0.1, 0.15) is 130 Å². The minimum absolute atomic E-state index is 0.560. The van der Waals surface area contributed by atoms with Crippen LogP contribution in [-0.2, 0) is 4.84 Å². The van der Waals surface area contributed by atoms with E-state index in [0.29, 0.717) is 12.0 Å². The lowest BCUT2D eigenvalue weighted by atomic mass is 10.0. The van der Waals surface area contributed by atoms with Crippen molar-refractivity contribution < 1.29 is 4.84 Å². The number of hydrogen-bond donors (Lipinski definition) is 1. The van der Waals surface area contributed by atoms with Crippen molar-refractivity contribution in [2.24, 2.45) is 5.92 Å². The Morgan fingerprint density at radius 2 is 1.00 bits per heavy atom. The summed E-state index contributed by atoms with van der Waals surface area (Å²) in [6, 6.07) is 0.560. The molecule has 0 aromatic heterocycles. The van der Waals surface area contributed by atoms with Gasteiger partial charge in [-0.2, -0.15) is 5.48 Å². The van der Waals surface area contributed by atoms with Gasteiger partial charge in [-0.15, -0.1) is 0 Å². The summed E-state index contributed by atoms with van der Waals surface area (Å²) in [5.41, 5.74) is 3.37. The van der Waals surface area contributed by atoms with Crippen LogP contribution in [0.2, 0.25) is 0 Å². The summed E-state index contributed by atoms with van der Waals surface area (Å²) in [7, 11) is 0. The summed E-state index contributed by atoms with van der Waals surface area (Å²) >= 11 is 0. The topological polar surface area (TPSA) is 21.3 Å². The quantitative estimate of drug-likeness (QED) is 0.177. The predicted octanol–water partition coefficient (Wildman–Crippen LogP) is 7.81. The highest BCUT2D eigenvalue weighted by molar-refractivity contribution is 4.64. The van der Waals surface area contributed by atoms with Gasteiger partial charge in [0, 0.05) is 6.04 Å². The van der Waals surface area contributed by atoms with E-state index in [0.717, 1.165) is 6.61 Å². The Balaban J connectivity index is 3.74. The number of nitrogens with one attached hydrogen (secondary N) is 1. The first-order chi connectivity index (χ1) is 12.2. The van der Waals surface area contributed by atoms with Crippen molar-refractivity contribution in [1.29, 1.82) is 0 Å². The second kappa shape index (κ2) is 20.2. The molecule has 0 rings (SSSR count). The molecule has 1 N–H and O–H groups in total. The van der Waals surface area contributed by atoms with Gasteiger partial charge in [0.15, 0.2) is 0 Å². The van der Waals surface area contributed by atoms with Crippen LogP contribution in [0.4, 0.5) is 0 Å². The molecule has 0 amide bonds. The zero-order valence-electron chi connectivity index (χ0n) is 18.1. The van der Waals surface area contributed by atoms with Gasteiger partial charge >= 0.3 is 0 Å². The molecule has 0 aromatic carbocycles. The third-order valence-electron chi connectivity index (χ3n) is 4.98. The Hall–Kier alpha value is -0.0800. The molecule has 0 aliphatic carbocycles. The summed E-state index contributed by atoms with van der Waals surface area (Å²) in [5.74, 6) is 0.602. The van der Waals surface area contributed by atoms with E-state index in [1.165, 1.54) is 103 Å². The first-order valence-electron chi connectivity index (χ1n) is 11.6. The smallest absolute Gasteiger partial charge is 0.0705 e. The van der Waals surface area contributed by atoms with E-state index in [2.05, 4.69) is 33.2 Å². The third-order valence-corrected chi connectivity index (χ3v) is 4.98. The van der Waals surface area contributed by atoms with Gasteiger partial charge in [-0.25, -0.2) is 0 Å². The third kappa shape index (κ3) is 20.1. The number of unbranched alkanes of at least 4 members (excludes halogenated alkanes) is 12. The average Bonchev–Trinajstić information content (AvgIpc) is 2.59. The normalized spacial score (nSPS) is 11.8. The van der Waals surface area contributed by atoms with Crippen molar-refractivity contribution in [2.45, 2.75) is 136 Å². The number of hydrogen-bond acceptors (Lipinski definition) is 2. The van der Waals surface area contributed by atoms with Crippen molar-refractivity contribution >= 4 is 0 Å². The molecule has 0 aromatic rings. The minimum Gasteiger partial charge on any atom is -0.301 e. The van der Waals surface area contributed by atoms with E-state index in [9.17, 15) is 0 Å². The molecule has 0 unspecified atom stereocenters. The van der Waals surface area contributed by atoms with E-state index in [-0.39, 0.29) is 0 Å². The van der Waals surface area contributed by atoms with E-state index in [1.807, 2.05) is 0 Å². The summed E-state index contributed by atoms with van der Waals surface area (Å²) < 4.78 is 0. The molecule has 25 heavy (non-hydrogen) atoms. The predicted molar refractivity (Wildman–Crippen MR) is 113 cm³/mol. The van der Waals surface area contributed by atoms with Gasteiger partial charge in [-0.1, -0.05) is 118 Å². The fourth-order valence-corrected chi connectivity index (χ4v) is 3.29. The largest absolute Gasteiger partial charge is 0.301 e. The number of hydroxylamine groups is 1. The summed E-state index contributed by atoms with van der Waals surface area (Å²) in [5, 5.41) is 0. The zero-order valence-corrected chi connectivity index (χ0v) is 18.1. The second-order valence-corrected chi connectivity index (χ2v) is 8.34. The summed E-state index contributed by atoms with van der Waals surface area (Å²) in [4.78, 5) is 5.73. The fourth-order valence-electron chi connectivity index (χ4n) is 3.29. The molecular formula is C23H49NO. The van der Waals surface area contributed by atoms with Gasteiger partial charge in [0.1, 0.15) is 0 Å². The van der Waals surface area contributed by atoms with Gasteiger partial charge < -0.3 is 4.84 Å². The maximum absolute atomic E-state index is 5.73. The molecule has 0 radical (unpaired) electrons. The van der Waals surface area contributed by atoms with Gasteiger partial charge in [0.2, 0.25) is 0 Å². The van der Waals surface area contributed by atoms with E-state index >= 15 is 0 Å². The van der Waals surface area contributed by atoms with Crippen molar-refractivity contribution in [1.82, 2.24) is 5.48 Å². The van der Waals surface area contributed by atoms with Crippen LogP contribution < -0.4 is 5.48 Å². The van der Waals surface area contributed by atoms with Crippen LogP contribution in [0.25, 0.3) is 0 Å². The maximum atomic E-state index is 5.73. The SMILES string of the molecule is CCCCCCCCCC(CCCCCCCCC)NOCC(C)C. The lowest BCUT2D eigenvalue weighted by molar-refractivity contribution is -0.00373. The van der Waals surface area contributed by atoms with Gasteiger partial charge in [0.25, 0.3) is 0 Å². The molecule has 0 fully saturated rings. The van der Waals surface area contributed by atoms with E-state index in [1.54, 1.807) is 0 Å². The molecule has 0 atom stereocenters. The maximum Gasteiger partial charge on any atom is 0.0705 e. The van der Waals surface area contributed by atoms with Crippen LogP contribution >= 0.6 is 0 Å². The van der Waals surface area contributed by atoms with Crippen molar-refractivity contribution in [2.75, 3.05) is 6.61 Å². The summed E-state index contributed by atoms with van der Waals surface area (Å²) in [6.45, 7) is 9.82. The molecule has 152 valence electrons. The molecule has 0 aliphatic rings. The second-order valence-electron chi connectivity index (χ2n) is 8.34. The summed E-state index contributed by atoms with van der Waals surface area (Å²) in [6.07, 6.45) is 22.1. The van der Waals surface area contributed by atoms with Crippen molar-refractivity contribution in [3.8, 4) is 0 Å². The first-order valence-corrected chi connectivity index (χ1v) is 11.6. The molecule has 2 heteroatoms. The highest BCUT2D eigenvalue weighted by Crippen LogP contribution is 2.15. The van der Waals surface area contributed by atoms with Crippen LogP contribution in [-0.4, -0.2) is 12.6 Å². The molecule has 0 saturated heterocycles. The van der Waals surface area contributed by atoms with Crippen LogP contribution in [0.3, 0.4) is 0 Å². The van der Waals surface area contributed by atoms with Crippen molar-refractivity contribution in [3.05, 3.63) is 0 Å². The monoisotopic (exact) mass is 355 g/mol. The van der Waals surface area contributed by atoms with E-state index < -0.39 is 0 Å². The number of rotatable bonds is 20. The molecular weight excluding hydrogens is 306 g/mol. The Morgan fingerprint density at radius 1 is 0.600 bits per heavy atom. The van der Waals surface area contributed by atoms with Gasteiger partial charge in [0.05, 0.1) is 6.61 Å². The van der Waals surface area contributed by atoms with Gasteiger partial charge in [-0.05, 0) is 18.8 Å². The highest BCUT2D eigenvalue weighted by atomic mass is 16.6. The molecule has 0 heterocycles. The zero-order chi connectivity index (χ0) is 18.6. The molecule has 0 spiro atoms. The Morgan fingerprint density at radius 3 is 1.40 bits per heavy atom. The van der Waals surface area contributed by atoms with E-state index in [4.69, 9.17) is 4.84 Å². The van der Waals surface area contributed by atoms with Crippen LogP contribution in [0, 0.1) is 5.92 Å². The molecule has 0 saturated carbocycles. The minimum atomic E-state index is 0.560. The molecule has 0 bridgehead atoms.